The molecule has 3 N–H and O–H groups in total. The minimum absolute atomic E-state index is 0.139. The summed E-state index contributed by atoms with van der Waals surface area (Å²) in [6, 6.07) is 0.162. The number of hydrogen-bond donors (Lipinski definition) is 2. The SMILES string of the molecule is CC(C)(C)OC(=O)N[C@@H]1CC[C@@](C)(N)C1. The van der Waals surface area contributed by atoms with Gasteiger partial charge in [-0.3, -0.25) is 0 Å². The molecule has 1 aliphatic carbocycles. The van der Waals surface area contributed by atoms with Crippen LogP contribution >= 0.6 is 0 Å². The first kappa shape index (κ1) is 12.3. The number of ether oxygens (including phenoxy) is 1. The standard InChI is InChI=1S/C11H22N2O2/c1-10(2,3)15-9(14)13-8-5-6-11(4,12)7-8/h8H,5-7,12H2,1-4H3,(H,13,14)/t8-,11-/m1/s1. The molecular formula is C11H22N2O2. The number of nitrogens with two attached hydrogens (primary N) is 1. The summed E-state index contributed by atoms with van der Waals surface area (Å²) < 4.78 is 5.18. The molecule has 1 saturated carbocycles. The van der Waals surface area contributed by atoms with Gasteiger partial charge in [0.2, 0.25) is 0 Å². The van der Waals surface area contributed by atoms with E-state index in [0.717, 1.165) is 19.3 Å². The quantitative estimate of drug-likeness (QED) is 0.699. The Labute approximate surface area is 91.5 Å². The monoisotopic (exact) mass is 214 g/mol. The van der Waals surface area contributed by atoms with Crippen LogP contribution in [-0.2, 0) is 4.74 Å². The van der Waals surface area contributed by atoms with Gasteiger partial charge in [0.15, 0.2) is 0 Å². The Kier molecular flexibility index (Phi) is 3.28. The van der Waals surface area contributed by atoms with Crippen molar-refractivity contribution in [2.75, 3.05) is 0 Å². The summed E-state index contributed by atoms with van der Waals surface area (Å²) in [5, 5.41) is 2.85. The van der Waals surface area contributed by atoms with Crippen molar-refractivity contribution in [3.8, 4) is 0 Å². The normalized spacial score (nSPS) is 31.4. The lowest BCUT2D eigenvalue weighted by atomic mass is 10.0. The van der Waals surface area contributed by atoms with E-state index < -0.39 is 5.60 Å². The fourth-order valence-electron chi connectivity index (χ4n) is 1.87. The first-order chi connectivity index (χ1) is 6.68. The van der Waals surface area contributed by atoms with Gasteiger partial charge in [0.05, 0.1) is 0 Å². The van der Waals surface area contributed by atoms with Crippen molar-refractivity contribution in [1.82, 2.24) is 5.32 Å². The minimum atomic E-state index is -0.436. The van der Waals surface area contributed by atoms with E-state index in [1.165, 1.54) is 0 Å². The summed E-state index contributed by atoms with van der Waals surface area (Å²) in [5.41, 5.74) is 5.40. The molecule has 0 unspecified atom stereocenters. The molecule has 1 aliphatic rings. The van der Waals surface area contributed by atoms with Gasteiger partial charge in [-0.15, -0.1) is 0 Å². The summed E-state index contributed by atoms with van der Waals surface area (Å²) in [7, 11) is 0. The molecule has 88 valence electrons. The van der Waals surface area contributed by atoms with Gasteiger partial charge in [0, 0.05) is 11.6 Å². The van der Waals surface area contributed by atoms with E-state index in [2.05, 4.69) is 5.32 Å². The number of carbonyl (C=O) groups excluding carboxylic acids is 1. The zero-order valence-electron chi connectivity index (χ0n) is 10.1. The maximum atomic E-state index is 11.5. The lowest BCUT2D eigenvalue weighted by molar-refractivity contribution is 0.0504. The third kappa shape index (κ3) is 4.51. The highest BCUT2D eigenvalue weighted by atomic mass is 16.6. The van der Waals surface area contributed by atoms with E-state index in [4.69, 9.17) is 10.5 Å². The second kappa shape index (κ2) is 4.00. The first-order valence-corrected chi connectivity index (χ1v) is 5.46. The van der Waals surface area contributed by atoms with Crippen molar-refractivity contribution in [2.24, 2.45) is 5.73 Å². The van der Waals surface area contributed by atoms with Crippen LogP contribution in [0.1, 0.15) is 47.0 Å². The molecule has 2 atom stereocenters. The predicted octanol–water partition coefficient (Wildman–Crippen LogP) is 1.78. The highest BCUT2D eigenvalue weighted by Crippen LogP contribution is 2.27. The molecule has 0 heterocycles. The number of rotatable bonds is 1. The Morgan fingerprint density at radius 2 is 2.13 bits per heavy atom. The maximum absolute atomic E-state index is 11.5. The van der Waals surface area contributed by atoms with Crippen LogP contribution in [0.3, 0.4) is 0 Å². The minimum Gasteiger partial charge on any atom is -0.444 e. The topological polar surface area (TPSA) is 64.3 Å². The van der Waals surface area contributed by atoms with Crippen molar-refractivity contribution >= 4 is 6.09 Å². The molecule has 1 fully saturated rings. The zero-order chi connectivity index (χ0) is 11.7. The van der Waals surface area contributed by atoms with Gasteiger partial charge >= 0.3 is 6.09 Å². The Morgan fingerprint density at radius 3 is 2.53 bits per heavy atom. The molecular weight excluding hydrogens is 192 g/mol. The Balaban J connectivity index is 2.34. The lowest BCUT2D eigenvalue weighted by Gasteiger charge is -2.22. The van der Waals surface area contributed by atoms with Gasteiger partial charge in [0.25, 0.3) is 0 Å². The summed E-state index contributed by atoms with van der Waals surface area (Å²) in [5.74, 6) is 0. The molecule has 0 aromatic heterocycles. The van der Waals surface area contributed by atoms with E-state index >= 15 is 0 Å². The van der Waals surface area contributed by atoms with Gasteiger partial charge < -0.3 is 15.8 Å². The van der Waals surface area contributed by atoms with E-state index in [1.807, 2.05) is 27.7 Å². The van der Waals surface area contributed by atoms with Crippen molar-refractivity contribution < 1.29 is 9.53 Å². The largest absolute Gasteiger partial charge is 0.444 e. The van der Waals surface area contributed by atoms with E-state index in [0.29, 0.717) is 0 Å². The average Bonchev–Trinajstić information content (AvgIpc) is 2.25. The molecule has 0 aromatic carbocycles. The van der Waals surface area contributed by atoms with Crippen LogP contribution in [0.2, 0.25) is 0 Å². The summed E-state index contributed by atoms with van der Waals surface area (Å²) in [6.45, 7) is 7.58. The van der Waals surface area contributed by atoms with E-state index in [1.54, 1.807) is 0 Å². The van der Waals surface area contributed by atoms with Gasteiger partial charge in [0.1, 0.15) is 5.60 Å². The molecule has 15 heavy (non-hydrogen) atoms. The molecule has 0 aliphatic heterocycles. The van der Waals surface area contributed by atoms with Gasteiger partial charge in [-0.2, -0.15) is 0 Å². The smallest absolute Gasteiger partial charge is 0.407 e. The molecule has 4 nitrogen and oxygen atoms in total. The Morgan fingerprint density at radius 1 is 1.53 bits per heavy atom. The number of alkyl carbamates (subject to hydrolysis) is 1. The molecule has 0 aromatic rings. The lowest BCUT2D eigenvalue weighted by Crippen LogP contribution is -2.40. The van der Waals surface area contributed by atoms with Gasteiger partial charge in [-0.05, 0) is 47.0 Å². The van der Waals surface area contributed by atoms with Crippen LogP contribution in [-0.4, -0.2) is 23.3 Å². The van der Waals surface area contributed by atoms with Crippen LogP contribution in [0, 0.1) is 0 Å². The summed E-state index contributed by atoms with van der Waals surface area (Å²) in [4.78, 5) is 11.5. The van der Waals surface area contributed by atoms with Crippen LogP contribution in [0.5, 0.6) is 0 Å². The van der Waals surface area contributed by atoms with Crippen molar-refractivity contribution in [1.29, 1.82) is 0 Å². The summed E-state index contributed by atoms with van der Waals surface area (Å²) >= 11 is 0. The van der Waals surface area contributed by atoms with Crippen molar-refractivity contribution in [3.63, 3.8) is 0 Å². The zero-order valence-corrected chi connectivity index (χ0v) is 10.1. The maximum Gasteiger partial charge on any atom is 0.407 e. The molecule has 1 amide bonds. The molecule has 1 rings (SSSR count). The number of hydrogen-bond acceptors (Lipinski definition) is 3. The molecule has 0 saturated heterocycles. The van der Waals surface area contributed by atoms with Gasteiger partial charge in [-0.1, -0.05) is 0 Å². The number of carbonyl (C=O) groups is 1. The highest BCUT2D eigenvalue weighted by molar-refractivity contribution is 5.68. The van der Waals surface area contributed by atoms with Crippen LogP contribution < -0.4 is 11.1 Å². The first-order valence-electron chi connectivity index (χ1n) is 5.46. The summed E-state index contributed by atoms with van der Waals surface area (Å²) in [6.07, 6.45) is 2.37. The van der Waals surface area contributed by atoms with Crippen molar-refractivity contribution in [2.45, 2.75) is 64.1 Å². The average molecular weight is 214 g/mol. The second-order valence-corrected chi connectivity index (χ2v) is 5.74. The number of nitrogens with one attached hydrogen (secondary N) is 1. The highest BCUT2D eigenvalue weighted by Gasteiger charge is 2.33. The Bertz CT molecular complexity index is 243. The molecule has 0 spiro atoms. The van der Waals surface area contributed by atoms with Crippen LogP contribution in [0.4, 0.5) is 4.79 Å². The fourth-order valence-corrected chi connectivity index (χ4v) is 1.87. The van der Waals surface area contributed by atoms with Crippen LogP contribution in [0.15, 0.2) is 0 Å². The predicted molar refractivity (Wildman–Crippen MR) is 59.6 cm³/mol. The molecule has 0 bridgehead atoms. The van der Waals surface area contributed by atoms with Gasteiger partial charge in [-0.25, -0.2) is 4.79 Å². The second-order valence-electron chi connectivity index (χ2n) is 5.74. The number of amides is 1. The third-order valence-corrected chi connectivity index (χ3v) is 2.50. The third-order valence-electron chi connectivity index (χ3n) is 2.50. The van der Waals surface area contributed by atoms with Crippen LogP contribution in [0.25, 0.3) is 0 Å². The van der Waals surface area contributed by atoms with E-state index in [-0.39, 0.29) is 17.7 Å². The molecule has 0 radical (unpaired) electrons. The fraction of sp³-hybridized carbons (Fsp3) is 0.909. The van der Waals surface area contributed by atoms with Crippen molar-refractivity contribution in [3.05, 3.63) is 0 Å². The van der Waals surface area contributed by atoms with E-state index in [9.17, 15) is 4.79 Å². The Hall–Kier alpha value is -0.770. The molecule has 4 heteroatoms.